The molecule has 9 heteroatoms. The number of hydrogen-bond donors (Lipinski definition) is 1. The van der Waals surface area contributed by atoms with E-state index in [0.29, 0.717) is 17.9 Å². The van der Waals surface area contributed by atoms with Crippen LogP contribution < -0.4 is 5.32 Å². The summed E-state index contributed by atoms with van der Waals surface area (Å²) < 4.78 is 10.5. The second kappa shape index (κ2) is 12.0. The Hall–Kier alpha value is -4.01. The summed E-state index contributed by atoms with van der Waals surface area (Å²) in [4.78, 5) is 65.9. The van der Waals surface area contributed by atoms with Crippen molar-refractivity contribution in [3.05, 3.63) is 65.7 Å². The van der Waals surface area contributed by atoms with Gasteiger partial charge < -0.3 is 14.8 Å². The van der Waals surface area contributed by atoms with Crippen molar-refractivity contribution < 1.29 is 33.4 Å². The lowest BCUT2D eigenvalue weighted by molar-refractivity contribution is -0.160. The van der Waals surface area contributed by atoms with E-state index in [4.69, 9.17) is 9.47 Å². The van der Waals surface area contributed by atoms with Gasteiger partial charge in [0.2, 0.25) is 11.8 Å². The predicted octanol–water partition coefficient (Wildman–Crippen LogP) is 3.77. The van der Waals surface area contributed by atoms with Gasteiger partial charge in [-0.2, -0.15) is 0 Å². The number of unbranched alkanes of at least 4 members (excludes halogenated alkanes) is 1. The summed E-state index contributed by atoms with van der Waals surface area (Å²) in [7, 11) is 0. The fourth-order valence-corrected chi connectivity index (χ4v) is 6.37. The Kier molecular flexibility index (Phi) is 8.28. The zero-order valence-corrected chi connectivity index (χ0v) is 22.5. The monoisotopic (exact) mass is 546 g/mol. The summed E-state index contributed by atoms with van der Waals surface area (Å²) in [6.07, 6.45) is 4.59. The van der Waals surface area contributed by atoms with Crippen LogP contribution >= 0.6 is 0 Å². The van der Waals surface area contributed by atoms with Gasteiger partial charge in [0, 0.05) is 12.1 Å². The van der Waals surface area contributed by atoms with E-state index in [9.17, 15) is 24.0 Å². The van der Waals surface area contributed by atoms with Crippen molar-refractivity contribution in [1.82, 2.24) is 4.90 Å². The van der Waals surface area contributed by atoms with Crippen LogP contribution in [0.3, 0.4) is 0 Å². The molecule has 2 aromatic carbocycles. The molecule has 210 valence electrons. The number of nitrogens with zero attached hydrogens (tertiary/aromatic N) is 1. The second-order valence-electron chi connectivity index (χ2n) is 10.9. The Labute approximate surface area is 233 Å². The fraction of sp³-hybridized carbons (Fsp3) is 0.452. The number of nitrogens with one attached hydrogen (secondary N) is 1. The number of fused-ring (bicyclic) bond motifs is 5. The van der Waals surface area contributed by atoms with E-state index in [1.54, 1.807) is 24.3 Å². The third-order valence-electron chi connectivity index (χ3n) is 8.30. The molecule has 2 aromatic rings. The van der Waals surface area contributed by atoms with Gasteiger partial charge in [-0.3, -0.25) is 19.3 Å². The Bertz CT molecular complexity index is 1250. The molecule has 1 saturated heterocycles. The number of benzene rings is 2. The molecule has 2 bridgehead atoms. The Balaban J connectivity index is 1.22. The topological polar surface area (TPSA) is 119 Å². The number of hydrogen-bond acceptors (Lipinski definition) is 7. The Morgan fingerprint density at radius 2 is 1.57 bits per heavy atom. The summed E-state index contributed by atoms with van der Waals surface area (Å²) >= 11 is 0. The smallest absolute Gasteiger partial charge is 0.338 e. The van der Waals surface area contributed by atoms with Crippen LogP contribution in [0.15, 0.2) is 54.6 Å². The first kappa shape index (κ1) is 27.6. The zero-order chi connectivity index (χ0) is 28.2. The molecule has 2 saturated carbocycles. The van der Waals surface area contributed by atoms with Gasteiger partial charge in [0.25, 0.3) is 5.91 Å². The maximum atomic E-state index is 13.4. The molecule has 3 aliphatic rings. The number of carbonyl (C=O) groups is 5. The van der Waals surface area contributed by atoms with Gasteiger partial charge in [-0.15, -0.1) is 0 Å². The lowest BCUT2D eigenvalue weighted by Crippen LogP contribution is -2.48. The Morgan fingerprint density at radius 1 is 0.925 bits per heavy atom. The normalized spacial score (nSPS) is 23.6. The number of likely N-dealkylation sites (tertiary alicyclic amines) is 1. The van der Waals surface area contributed by atoms with E-state index in [-0.39, 0.29) is 41.9 Å². The maximum Gasteiger partial charge on any atom is 0.338 e. The number of esters is 2. The van der Waals surface area contributed by atoms with Crippen molar-refractivity contribution in [2.24, 2.45) is 23.7 Å². The van der Waals surface area contributed by atoms with Gasteiger partial charge in [-0.05, 0) is 67.3 Å². The lowest BCUT2D eigenvalue weighted by Gasteiger charge is -2.26. The second-order valence-corrected chi connectivity index (χ2v) is 10.9. The standard InChI is InChI=1S/C31H34N2O7/c1-2-3-15-39-30(37)20-11-13-23(14-12-20)32-25(34)18-40-31(38)24(16-19-7-5-4-6-8-19)33-28(35)26-21-9-10-22(17-21)27(26)29(33)36/h4-8,11-14,21-22,24,26-27H,2-3,9-10,15-18H2,1H3,(H,32,34)/t21-,22-,24+,26-,27+/m0/s1. The third kappa shape index (κ3) is 5.64. The van der Waals surface area contributed by atoms with E-state index in [2.05, 4.69) is 5.32 Å². The van der Waals surface area contributed by atoms with E-state index in [1.807, 2.05) is 37.3 Å². The number of rotatable bonds is 11. The van der Waals surface area contributed by atoms with Crippen LogP contribution in [0.2, 0.25) is 0 Å². The van der Waals surface area contributed by atoms with Gasteiger partial charge in [-0.1, -0.05) is 43.7 Å². The van der Waals surface area contributed by atoms with Gasteiger partial charge >= 0.3 is 11.9 Å². The molecule has 9 nitrogen and oxygen atoms in total. The highest BCUT2D eigenvalue weighted by atomic mass is 16.5. The highest BCUT2D eigenvalue weighted by molar-refractivity contribution is 6.08. The minimum Gasteiger partial charge on any atom is -0.462 e. The Morgan fingerprint density at radius 3 is 2.20 bits per heavy atom. The summed E-state index contributed by atoms with van der Waals surface area (Å²) in [5.74, 6) is -2.72. The van der Waals surface area contributed by atoms with Crippen molar-refractivity contribution in [1.29, 1.82) is 0 Å². The minimum atomic E-state index is -1.14. The number of amides is 3. The highest BCUT2D eigenvalue weighted by Gasteiger charge is 2.62. The molecule has 0 unspecified atom stereocenters. The van der Waals surface area contributed by atoms with Gasteiger partial charge in [-0.25, -0.2) is 9.59 Å². The zero-order valence-electron chi connectivity index (χ0n) is 22.5. The number of anilines is 1. The van der Waals surface area contributed by atoms with Crippen molar-refractivity contribution in [3.63, 3.8) is 0 Å². The summed E-state index contributed by atoms with van der Waals surface area (Å²) in [5, 5.41) is 2.63. The number of ether oxygens (including phenoxy) is 2. The molecule has 0 radical (unpaired) electrons. The molecule has 5 atom stereocenters. The van der Waals surface area contributed by atoms with Gasteiger partial charge in [0.15, 0.2) is 6.61 Å². The molecule has 5 rings (SSSR count). The molecule has 3 fully saturated rings. The average Bonchev–Trinajstić information content (AvgIpc) is 3.65. The van der Waals surface area contributed by atoms with E-state index in [1.165, 1.54) is 0 Å². The first-order chi connectivity index (χ1) is 19.4. The van der Waals surface area contributed by atoms with Crippen LogP contribution in [0.4, 0.5) is 5.69 Å². The molecule has 1 N–H and O–H groups in total. The molecule has 40 heavy (non-hydrogen) atoms. The molecule has 3 amide bonds. The van der Waals surface area contributed by atoms with Crippen LogP contribution in [0.1, 0.15) is 54.9 Å². The quantitative estimate of drug-likeness (QED) is 0.259. The first-order valence-electron chi connectivity index (χ1n) is 14.0. The number of imide groups is 1. The highest BCUT2D eigenvalue weighted by Crippen LogP contribution is 2.56. The third-order valence-corrected chi connectivity index (χ3v) is 8.30. The first-order valence-corrected chi connectivity index (χ1v) is 14.0. The molecule has 1 heterocycles. The molecule has 2 aliphatic carbocycles. The van der Waals surface area contributed by atoms with Crippen molar-refractivity contribution in [2.75, 3.05) is 18.5 Å². The van der Waals surface area contributed by atoms with Crippen molar-refractivity contribution in [3.8, 4) is 0 Å². The number of carbonyl (C=O) groups excluding carboxylic acids is 5. The van der Waals surface area contributed by atoms with Crippen LogP contribution in [-0.2, 0) is 35.1 Å². The maximum absolute atomic E-state index is 13.4. The van der Waals surface area contributed by atoms with Gasteiger partial charge in [0.1, 0.15) is 6.04 Å². The molecule has 0 spiro atoms. The predicted molar refractivity (Wildman–Crippen MR) is 145 cm³/mol. The largest absolute Gasteiger partial charge is 0.462 e. The summed E-state index contributed by atoms with van der Waals surface area (Å²) in [6.45, 7) is 1.77. The lowest BCUT2D eigenvalue weighted by atomic mass is 9.81. The van der Waals surface area contributed by atoms with E-state index < -0.39 is 30.5 Å². The molecule has 0 aromatic heterocycles. The molecular weight excluding hydrogens is 512 g/mol. The van der Waals surface area contributed by atoms with Crippen LogP contribution in [0.25, 0.3) is 0 Å². The van der Waals surface area contributed by atoms with Crippen LogP contribution in [0, 0.1) is 23.7 Å². The van der Waals surface area contributed by atoms with Crippen LogP contribution in [0.5, 0.6) is 0 Å². The summed E-state index contributed by atoms with van der Waals surface area (Å²) in [5.41, 5.74) is 1.56. The molecule has 1 aliphatic heterocycles. The molecular formula is C31H34N2O7. The SMILES string of the molecule is CCCCOC(=O)c1ccc(NC(=O)COC(=O)[C@@H](Cc2ccccc2)N2C(=O)[C@@H]3[C@H]4CC[C@@H](C4)[C@@H]3C2=O)cc1. The van der Waals surface area contributed by atoms with E-state index >= 15 is 0 Å². The van der Waals surface area contributed by atoms with Gasteiger partial charge in [0.05, 0.1) is 24.0 Å². The fourth-order valence-electron chi connectivity index (χ4n) is 6.37. The van der Waals surface area contributed by atoms with Crippen molar-refractivity contribution >= 4 is 35.3 Å². The van der Waals surface area contributed by atoms with E-state index in [0.717, 1.165) is 42.6 Å². The summed E-state index contributed by atoms with van der Waals surface area (Å²) in [6, 6.07) is 14.2. The van der Waals surface area contributed by atoms with Crippen molar-refractivity contribution in [2.45, 2.75) is 51.5 Å². The average molecular weight is 547 g/mol. The van der Waals surface area contributed by atoms with Crippen LogP contribution in [-0.4, -0.2) is 53.8 Å². The minimum absolute atomic E-state index is 0.114.